The van der Waals surface area contributed by atoms with Crippen LogP contribution in [0.2, 0.25) is 0 Å². The van der Waals surface area contributed by atoms with Crippen molar-refractivity contribution in [3.8, 4) is 0 Å². The van der Waals surface area contributed by atoms with Crippen LogP contribution in [0.3, 0.4) is 0 Å². The SMILES string of the molecule is C[C@H](c1ccccc1)N(Cc1ccccc1)C(CC(=O)O)c1ccc(F)c(Br)c1. The number of carbonyl (C=O) groups is 1. The van der Waals surface area contributed by atoms with E-state index in [0.29, 0.717) is 11.0 Å². The van der Waals surface area contributed by atoms with Gasteiger partial charge in [-0.15, -0.1) is 0 Å². The molecule has 3 aromatic rings. The lowest BCUT2D eigenvalue weighted by atomic mass is 9.96. The predicted octanol–water partition coefficient (Wildman–Crippen LogP) is 6.37. The lowest BCUT2D eigenvalue weighted by Gasteiger charge is -2.37. The summed E-state index contributed by atoms with van der Waals surface area (Å²) < 4.78 is 14.2. The third-order valence-corrected chi connectivity index (χ3v) is 5.69. The van der Waals surface area contributed by atoms with Crippen LogP contribution in [-0.4, -0.2) is 16.0 Å². The van der Waals surface area contributed by atoms with Gasteiger partial charge in [-0.25, -0.2) is 4.39 Å². The zero-order valence-electron chi connectivity index (χ0n) is 16.1. The van der Waals surface area contributed by atoms with Gasteiger partial charge in [-0.2, -0.15) is 0 Å². The summed E-state index contributed by atoms with van der Waals surface area (Å²) >= 11 is 3.24. The van der Waals surface area contributed by atoms with Crippen molar-refractivity contribution in [2.75, 3.05) is 0 Å². The molecule has 3 nitrogen and oxygen atoms in total. The minimum Gasteiger partial charge on any atom is -0.481 e. The maximum Gasteiger partial charge on any atom is 0.305 e. The van der Waals surface area contributed by atoms with Crippen LogP contribution >= 0.6 is 15.9 Å². The summed E-state index contributed by atoms with van der Waals surface area (Å²) in [6.07, 6.45) is -0.0813. The van der Waals surface area contributed by atoms with Gasteiger partial charge in [0, 0.05) is 18.6 Å². The lowest BCUT2D eigenvalue weighted by Crippen LogP contribution is -2.32. The second-order valence-electron chi connectivity index (χ2n) is 7.03. The molecule has 0 aliphatic heterocycles. The summed E-state index contributed by atoms with van der Waals surface area (Å²) in [5.74, 6) is -1.26. The van der Waals surface area contributed by atoms with Gasteiger partial charge in [0.2, 0.25) is 0 Å². The van der Waals surface area contributed by atoms with Crippen molar-refractivity contribution >= 4 is 21.9 Å². The summed E-state index contributed by atoms with van der Waals surface area (Å²) in [7, 11) is 0. The van der Waals surface area contributed by atoms with Gasteiger partial charge < -0.3 is 5.11 Å². The van der Waals surface area contributed by atoms with Gasteiger partial charge in [0.15, 0.2) is 0 Å². The third kappa shape index (κ3) is 5.52. The summed E-state index contributed by atoms with van der Waals surface area (Å²) in [5.41, 5.74) is 2.95. The molecule has 5 heteroatoms. The normalized spacial score (nSPS) is 13.2. The largest absolute Gasteiger partial charge is 0.481 e. The highest BCUT2D eigenvalue weighted by molar-refractivity contribution is 9.10. The van der Waals surface area contributed by atoms with E-state index in [2.05, 4.69) is 27.8 Å². The van der Waals surface area contributed by atoms with E-state index in [0.717, 1.165) is 16.7 Å². The van der Waals surface area contributed by atoms with Crippen LogP contribution < -0.4 is 0 Å². The van der Waals surface area contributed by atoms with Crippen molar-refractivity contribution < 1.29 is 14.3 Å². The molecular formula is C24H23BrFNO2. The van der Waals surface area contributed by atoms with Crippen molar-refractivity contribution in [2.24, 2.45) is 0 Å². The zero-order chi connectivity index (χ0) is 20.8. The first kappa shape index (κ1) is 21.2. The number of carboxylic acids is 1. The molecule has 0 spiro atoms. The van der Waals surface area contributed by atoms with Crippen LogP contribution in [0.1, 0.15) is 42.1 Å². The molecule has 0 aliphatic carbocycles. The number of carboxylic acid groups (broad SMARTS) is 1. The van der Waals surface area contributed by atoms with Gasteiger partial charge in [0.25, 0.3) is 0 Å². The highest BCUT2D eigenvalue weighted by Gasteiger charge is 2.28. The fourth-order valence-electron chi connectivity index (χ4n) is 3.55. The average molecular weight is 456 g/mol. The number of nitrogens with zero attached hydrogens (tertiary/aromatic N) is 1. The maximum absolute atomic E-state index is 13.8. The Morgan fingerprint density at radius 2 is 1.62 bits per heavy atom. The van der Waals surface area contributed by atoms with E-state index in [4.69, 9.17) is 0 Å². The van der Waals surface area contributed by atoms with Gasteiger partial charge in [-0.05, 0) is 51.7 Å². The second-order valence-corrected chi connectivity index (χ2v) is 7.89. The molecule has 0 bridgehead atoms. The fourth-order valence-corrected chi connectivity index (χ4v) is 3.94. The van der Waals surface area contributed by atoms with E-state index in [1.165, 1.54) is 6.07 Å². The Bertz CT molecular complexity index is 950. The highest BCUT2D eigenvalue weighted by Crippen LogP contribution is 2.36. The Kier molecular flexibility index (Phi) is 7.18. The van der Waals surface area contributed by atoms with E-state index < -0.39 is 12.0 Å². The van der Waals surface area contributed by atoms with Gasteiger partial charge in [-0.3, -0.25) is 9.69 Å². The molecule has 0 amide bonds. The van der Waals surface area contributed by atoms with Crippen molar-refractivity contribution in [2.45, 2.75) is 32.0 Å². The second kappa shape index (κ2) is 9.81. The van der Waals surface area contributed by atoms with E-state index in [-0.39, 0.29) is 18.3 Å². The molecule has 2 atom stereocenters. The maximum atomic E-state index is 13.8. The van der Waals surface area contributed by atoms with Gasteiger partial charge in [-0.1, -0.05) is 66.7 Å². The monoisotopic (exact) mass is 455 g/mol. The van der Waals surface area contributed by atoms with Crippen LogP contribution in [0.15, 0.2) is 83.3 Å². The zero-order valence-corrected chi connectivity index (χ0v) is 17.7. The summed E-state index contributed by atoms with van der Waals surface area (Å²) in [6.45, 7) is 2.65. The van der Waals surface area contributed by atoms with Gasteiger partial charge in [0.05, 0.1) is 10.9 Å². The number of rotatable bonds is 8. The van der Waals surface area contributed by atoms with Gasteiger partial charge >= 0.3 is 5.97 Å². The summed E-state index contributed by atoms with van der Waals surface area (Å²) in [4.78, 5) is 13.9. The molecule has 0 saturated heterocycles. The Hall–Kier alpha value is -2.50. The number of hydrogen-bond acceptors (Lipinski definition) is 2. The molecule has 0 aromatic heterocycles. The average Bonchev–Trinajstić information content (AvgIpc) is 2.73. The smallest absolute Gasteiger partial charge is 0.305 e. The molecule has 3 rings (SSSR count). The first-order valence-corrected chi connectivity index (χ1v) is 10.3. The van der Waals surface area contributed by atoms with Crippen molar-refractivity contribution in [1.82, 2.24) is 4.90 Å². The van der Waals surface area contributed by atoms with Crippen LogP contribution in [-0.2, 0) is 11.3 Å². The van der Waals surface area contributed by atoms with Crippen molar-refractivity contribution in [3.05, 3.63) is 106 Å². The van der Waals surface area contributed by atoms with Gasteiger partial charge in [0.1, 0.15) is 5.82 Å². The van der Waals surface area contributed by atoms with E-state index >= 15 is 0 Å². The van der Waals surface area contributed by atoms with E-state index in [9.17, 15) is 14.3 Å². The quantitative estimate of drug-likeness (QED) is 0.429. The van der Waals surface area contributed by atoms with Crippen LogP contribution in [0.25, 0.3) is 0 Å². The van der Waals surface area contributed by atoms with Crippen LogP contribution in [0.4, 0.5) is 4.39 Å². The molecule has 0 fully saturated rings. The summed E-state index contributed by atoms with van der Waals surface area (Å²) in [6, 6.07) is 24.2. The molecule has 0 aliphatic rings. The molecule has 150 valence electrons. The van der Waals surface area contributed by atoms with E-state index in [1.54, 1.807) is 12.1 Å². The number of hydrogen-bond donors (Lipinski definition) is 1. The number of aliphatic carboxylic acids is 1. The standard InChI is InChI=1S/C24H23BrFNO2/c1-17(19-10-6-3-7-11-19)27(16-18-8-4-2-5-9-18)23(15-24(28)29)20-12-13-22(26)21(25)14-20/h2-14,17,23H,15-16H2,1H3,(H,28,29)/t17-,23?/m1/s1. The number of benzene rings is 3. The van der Waals surface area contributed by atoms with Crippen LogP contribution in [0, 0.1) is 5.82 Å². The molecule has 3 aromatic carbocycles. The molecule has 0 heterocycles. The first-order chi connectivity index (χ1) is 14.0. The van der Waals surface area contributed by atoms with Crippen LogP contribution in [0.5, 0.6) is 0 Å². The first-order valence-electron chi connectivity index (χ1n) is 9.47. The predicted molar refractivity (Wildman–Crippen MR) is 116 cm³/mol. The Labute approximate surface area is 178 Å². The Morgan fingerprint density at radius 1 is 1.00 bits per heavy atom. The van der Waals surface area contributed by atoms with Crippen molar-refractivity contribution in [3.63, 3.8) is 0 Å². The Balaban J connectivity index is 2.05. The molecule has 1 N–H and O–H groups in total. The topological polar surface area (TPSA) is 40.5 Å². The highest BCUT2D eigenvalue weighted by atomic mass is 79.9. The third-order valence-electron chi connectivity index (χ3n) is 5.08. The molecule has 0 radical (unpaired) electrons. The lowest BCUT2D eigenvalue weighted by molar-refractivity contribution is -0.138. The molecule has 1 unspecified atom stereocenters. The minimum atomic E-state index is -0.895. The Morgan fingerprint density at radius 3 is 2.21 bits per heavy atom. The summed E-state index contributed by atoms with van der Waals surface area (Å²) in [5, 5.41) is 9.62. The fraction of sp³-hybridized carbons (Fsp3) is 0.208. The molecule has 0 saturated carbocycles. The number of halogens is 2. The minimum absolute atomic E-state index is 0.0374. The molecule has 29 heavy (non-hydrogen) atoms. The van der Waals surface area contributed by atoms with Crippen molar-refractivity contribution in [1.29, 1.82) is 0 Å². The van der Waals surface area contributed by atoms with E-state index in [1.807, 2.05) is 60.7 Å². The molecular weight excluding hydrogens is 433 g/mol.